The summed E-state index contributed by atoms with van der Waals surface area (Å²) >= 11 is 1.80. The molecule has 0 saturated carbocycles. The molecule has 1 aliphatic heterocycles. The highest BCUT2D eigenvalue weighted by Crippen LogP contribution is 2.36. The number of benzene rings is 1. The first kappa shape index (κ1) is 6.63. The van der Waals surface area contributed by atoms with Crippen LogP contribution in [0.25, 0.3) is 10.1 Å². The average molecular weight is 176 g/mol. The molecule has 0 spiro atoms. The third kappa shape index (κ3) is 0.886. The SMILES string of the molecule is c1cc(C2CO2)c2sccc2c1. The van der Waals surface area contributed by atoms with Crippen LogP contribution < -0.4 is 0 Å². The Morgan fingerprint density at radius 2 is 2.25 bits per heavy atom. The zero-order valence-corrected chi connectivity index (χ0v) is 7.30. The second-order valence-electron chi connectivity index (χ2n) is 3.01. The van der Waals surface area contributed by atoms with Gasteiger partial charge in [-0.25, -0.2) is 0 Å². The van der Waals surface area contributed by atoms with Crippen molar-refractivity contribution in [2.45, 2.75) is 6.10 Å². The fourth-order valence-corrected chi connectivity index (χ4v) is 2.46. The maximum Gasteiger partial charge on any atom is 0.107 e. The molecule has 1 atom stereocenters. The molecule has 0 N–H and O–H groups in total. The summed E-state index contributed by atoms with van der Waals surface area (Å²) in [4.78, 5) is 0. The van der Waals surface area contributed by atoms with Gasteiger partial charge in [0.15, 0.2) is 0 Å². The fraction of sp³-hybridized carbons (Fsp3) is 0.200. The molecule has 1 unspecified atom stereocenters. The molecule has 0 bridgehead atoms. The number of ether oxygens (including phenoxy) is 1. The van der Waals surface area contributed by atoms with Gasteiger partial charge in [-0.15, -0.1) is 11.3 Å². The second-order valence-corrected chi connectivity index (χ2v) is 3.92. The third-order valence-electron chi connectivity index (χ3n) is 2.19. The predicted octanol–water partition coefficient (Wildman–Crippen LogP) is 2.97. The van der Waals surface area contributed by atoms with Crippen LogP contribution >= 0.6 is 11.3 Å². The molecule has 60 valence electrons. The number of rotatable bonds is 1. The first-order valence-electron chi connectivity index (χ1n) is 4.03. The quantitative estimate of drug-likeness (QED) is 0.608. The van der Waals surface area contributed by atoms with Crippen LogP contribution in [0, 0.1) is 0 Å². The molecule has 1 saturated heterocycles. The van der Waals surface area contributed by atoms with E-state index in [9.17, 15) is 0 Å². The minimum atomic E-state index is 0.382. The number of fused-ring (bicyclic) bond motifs is 1. The Morgan fingerprint density at radius 3 is 3.08 bits per heavy atom. The minimum absolute atomic E-state index is 0.382. The van der Waals surface area contributed by atoms with E-state index in [-0.39, 0.29) is 0 Å². The molecule has 1 aromatic carbocycles. The van der Waals surface area contributed by atoms with Gasteiger partial charge >= 0.3 is 0 Å². The van der Waals surface area contributed by atoms with Crippen LogP contribution in [-0.4, -0.2) is 6.61 Å². The first-order valence-corrected chi connectivity index (χ1v) is 4.91. The van der Waals surface area contributed by atoms with Gasteiger partial charge in [-0.1, -0.05) is 18.2 Å². The molecule has 1 nitrogen and oxygen atoms in total. The van der Waals surface area contributed by atoms with Crippen LogP contribution in [0.1, 0.15) is 11.7 Å². The Balaban J connectivity index is 2.32. The van der Waals surface area contributed by atoms with Crippen molar-refractivity contribution >= 4 is 21.4 Å². The van der Waals surface area contributed by atoms with E-state index in [0.717, 1.165) is 6.61 Å². The lowest BCUT2D eigenvalue weighted by molar-refractivity contribution is 0.417. The highest BCUT2D eigenvalue weighted by atomic mass is 32.1. The number of hydrogen-bond donors (Lipinski definition) is 0. The van der Waals surface area contributed by atoms with E-state index in [2.05, 4.69) is 29.6 Å². The van der Waals surface area contributed by atoms with E-state index >= 15 is 0 Å². The lowest BCUT2D eigenvalue weighted by atomic mass is 10.1. The summed E-state index contributed by atoms with van der Waals surface area (Å²) in [6.45, 7) is 0.900. The lowest BCUT2D eigenvalue weighted by Gasteiger charge is -1.96. The van der Waals surface area contributed by atoms with Crippen molar-refractivity contribution in [3.8, 4) is 0 Å². The Bertz CT molecular complexity index is 414. The van der Waals surface area contributed by atoms with Crippen LogP contribution in [0.3, 0.4) is 0 Å². The summed E-state index contributed by atoms with van der Waals surface area (Å²) in [6, 6.07) is 8.58. The summed E-state index contributed by atoms with van der Waals surface area (Å²) in [6.07, 6.45) is 0.382. The Kier molecular flexibility index (Phi) is 1.28. The van der Waals surface area contributed by atoms with Crippen LogP contribution in [0.4, 0.5) is 0 Å². The van der Waals surface area contributed by atoms with Crippen molar-refractivity contribution in [3.05, 3.63) is 35.2 Å². The third-order valence-corrected chi connectivity index (χ3v) is 3.17. The predicted molar refractivity (Wildman–Crippen MR) is 50.5 cm³/mol. The van der Waals surface area contributed by atoms with Crippen molar-refractivity contribution in [1.82, 2.24) is 0 Å². The highest BCUT2D eigenvalue weighted by molar-refractivity contribution is 7.17. The standard InChI is InChI=1S/C10H8OS/c1-2-7-4-5-12-10(7)8(3-1)9-6-11-9/h1-5,9H,6H2. The summed E-state index contributed by atoms with van der Waals surface area (Å²) in [5, 5.41) is 3.48. The molecule has 0 radical (unpaired) electrons. The molecule has 12 heavy (non-hydrogen) atoms. The van der Waals surface area contributed by atoms with Crippen LogP contribution in [0.5, 0.6) is 0 Å². The Labute approximate surface area is 74.6 Å². The molecule has 1 fully saturated rings. The van der Waals surface area contributed by atoms with Gasteiger partial charge in [0.05, 0.1) is 6.61 Å². The van der Waals surface area contributed by atoms with Gasteiger partial charge in [-0.2, -0.15) is 0 Å². The van der Waals surface area contributed by atoms with Gasteiger partial charge in [0.1, 0.15) is 6.10 Å². The number of thiophene rings is 1. The molecular formula is C10H8OS. The van der Waals surface area contributed by atoms with Crippen molar-refractivity contribution in [2.75, 3.05) is 6.61 Å². The van der Waals surface area contributed by atoms with Crippen molar-refractivity contribution in [1.29, 1.82) is 0 Å². The first-order chi connectivity index (χ1) is 5.95. The molecule has 3 rings (SSSR count). The van der Waals surface area contributed by atoms with Gasteiger partial charge < -0.3 is 4.74 Å². The molecule has 1 aromatic heterocycles. The molecule has 2 aromatic rings. The second kappa shape index (κ2) is 2.31. The van der Waals surface area contributed by atoms with Crippen LogP contribution in [0.15, 0.2) is 29.6 Å². The number of epoxide rings is 1. The zero-order chi connectivity index (χ0) is 7.97. The van der Waals surface area contributed by atoms with Crippen molar-refractivity contribution in [3.63, 3.8) is 0 Å². The molecule has 2 heteroatoms. The van der Waals surface area contributed by atoms with Crippen LogP contribution in [-0.2, 0) is 4.74 Å². The van der Waals surface area contributed by atoms with E-state index in [0.29, 0.717) is 6.10 Å². The van der Waals surface area contributed by atoms with Crippen molar-refractivity contribution in [2.24, 2.45) is 0 Å². The molecule has 0 amide bonds. The van der Waals surface area contributed by atoms with E-state index in [1.165, 1.54) is 15.6 Å². The van der Waals surface area contributed by atoms with Gasteiger partial charge in [0.2, 0.25) is 0 Å². The smallest absolute Gasteiger partial charge is 0.107 e. The zero-order valence-electron chi connectivity index (χ0n) is 6.49. The maximum atomic E-state index is 5.28. The van der Waals surface area contributed by atoms with E-state index in [1.54, 1.807) is 11.3 Å². The summed E-state index contributed by atoms with van der Waals surface area (Å²) in [5.41, 5.74) is 1.36. The van der Waals surface area contributed by atoms with Gasteiger partial charge in [-0.05, 0) is 16.8 Å². The van der Waals surface area contributed by atoms with Gasteiger partial charge in [-0.3, -0.25) is 0 Å². The topological polar surface area (TPSA) is 12.5 Å². The monoisotopic (exact) mass is 176 g/mol. The Hall–Kier alpha value is -0.860. The number of hydrogen-bond acceptors (Lipinski definition) is 2. The minimum Gasteiger partial charge on any atom is -0.368 e. The van der Waals surface area contributed by atoms with E-state index < -0.39 is 0 Å². The van der Waals surface area contributed by atoms with Crippen LogP contribution in [0.2, 0.25) is 0 Å². The van der Waals surface area contributed by atoms with E-state index in [1.807, 2.05) is 0 Å². The molecule has 0 aliphatic carbocycles. The summed E-state index contributed by atoms with van der Waals surface area (Å²) in [5.74, 6) is 0. The van der Waals surface area contributed by atoms with Gasteiger partial charge in [0, 0.05) is 10.3 Å². The lowest BCUT2D eigenvalue weighted by Crippen LogP contribution is -1.78. The van der Waals surface area contributed by atoms with E-state index in [4.69, 9.17) is 4.74 Å². The normalized spacial score (nSPS) is 21.5. The fourth-order valence-electron chi connectivity index (χ4n) is 1.50. The summed E-state index contributed by atoms with van der Waals surface area (Å²) in [7, 11) is 0. The average Bonchev–Trinajstić information content (AvgIpc) is 2.82. The Morgan fingerprint density at radius 1 is 1.33 bits per heavy atom. The maximum absolute atomic E-state index is 5.28. The largest absolute Gasteiger partial charge is 0.368 e. The van der Waals surface area contributed by atoms with Gasteiger partial charge in [0.25, 0.3) is 0 Å². The molecule has 1 aliphatic rings. The molecular weight excluding hydrogens is 168 g/mol. The molecule has 2 heterocycles. The highest BCUT2D eigenvalue weighted by Gasteiger charge is 2.26. The van der Waals surface area contributed by atoms with Crippen molar-refractivity contribution < 1.29 is 4.74 Å². The summed E-state index contributed by atoms with van der Waals surface area (Å²) < 4.78 is 6.67.